The van der Waals surface area contributed by atoms with Crippen molar-refractivity contribution in [3.05, 3.63) is 61.6 Å². The Balaban J connectivity index is 2.01. The number of carbonyl (C=O) groups excluding carboxylic acids is 1. The minimum atomic E-state index is -0.588. The van der Waals surface area contributed by atoms with Gasteiger partial charge >= 0.3 is 0 Å². The number of phenols is 1. The highest BCUT2D eigenvalue weighted by atomic mass is 79.9. The maximum absolute atomic E-state index is 12.0. The third-order valence-electron chi connectivity index (χ3n) is 3.89. The van der Waals surface area contributed by atoms with Crippen molar-refractivity contribution in [3.8, 4) is 11.5 Å². The molecule has 2 rings (SSSR count). The van der Waals surface area contributed by atoms with Crippen LogP contribution in [0.2, 0.25) is 0 Å². The summed E-state index contributed by atoms with van der Waals surface area (Å²) in [6.07, 6.45) is 1.13. The molecule has 2 aromatic carbocycles. The third-order valence-corrected chi connectivity index (χ3v) is 4.74. The Hall–Kier alpha value is -2.94. The number of halogens is 1. The number of hydrazone groups is 1. The molecule has 0 aliphatic carbocycles. The van der Waals surface area contributed by atoms with Gasteiger partial charge in [-0.1, -0.05) is 29.8 Å². The summed E-state index contributed by atoms with van der Waals surface area (Å²) in [6.45, 7) is 5.73. The summed E-state index contributed by atoms with van der Waals surface area (Å²) in [5.41, 5.74) is 4.14. The van der Waals surface area contributed by atoms with Crippen LogP contribution in [-0.4, -0.2) is 28.8 Å². The molecule has 0 heterocycles. The van der Waals surface area contributed by atoms with Crippen molar-refractivity contribution in [2.24, 2.45) is 5.10 Å². The summed E-state index contributed by atoms with van der Waals surface area (Å²) in [5, 5.41) is 24.2. The fraction of sp³-hybridized carbons (Fsp3) is 0.263. The molecular formula is C19H20BrN3O5. The molecular weight excluding hydrogens is 430 g/mol. The largest absolute Gasteiger partial charge is 0.507 e. The number of carbonyl (C=O) groups is 1. The summed E-state index contributed by atoms with van der Waals surface area (Å²) in [7, 11) is 0. The van der Waals surface area contributed by atoms with E-state index in [4.69, 9.17) is 4.74 Å². The van der Waals surface area contributed by atoms with Crippen LogP contribution in [0, 0.1) is 17.0 Å². The lowest BCUT2D eigenvalue weighted by molar-refractivity contribution is -0.384. The predicted molar refractivity (Wildman–Crippen MR) is 109 cm³/mol. The lowest BCUT2D eigenvalue weighted by atomic mass is 10.0. The van der Waals surface area contributed by atoms with Crippen LogP contribution in [0.4, 0.5) is 5.69 Å². The number of hydrogen-bond donors (Lipinski definition) is 2. The van der Waals surface area contributed by atoms with Crippen LogP contribution in [0.15, 0.2) is 39.9 Å². The lowest BCUT2D eigenvalue weighted by Crippen LogP contribution is -2.25. The fourth-order valence-corrected chi connectivity index (χ4v) is 2.72. The molecule has 0 aliphatic rings. The third kappa shape index (κ3) is 5.53. The van der Waals surface area contributed by atoms with Gasteiger partial charge in [0, 0.05) is 22.2 Å². The molecule has 0 atom stereocenters. The molecule has 0 bridgehead atoms. The molecule has 0 saturated carbocycles. The van der Waals surface area contributed by atoms with Gasteiger partial charge in [0.15, 0.2) is 6.61 Å². The molecule has 2 aromatic rings. The van der Waals surface area contributed by atoms with Crippen LogP contribution in [0.5, 0.6) is 11.5 Å². The number of hydrogen-bond acceptors (Lipinski definition) is 6. The SMILES string of the molecule is Cc1cc(OCC(=O)N/N=C/c2cc([N+](=O)[O-])ccc2O)c(C(C)C)cc1Br. The smallest absolute Gasteiger partial charge is 0.277 e. The van der Waals surface area contributed by atoms with E-state index in [1.54, 1.807) is 0 Å². The van der Waals surface area contributed by atoms with E-state index in [-0.39, 0.29) is 29.5 Å². The van der Waals surface area contributed by atoms with Gasteiger partial charge < -0.3 is 9.84 Å². The van der Waals surface area contributed by atoms with Crippen LogP contribution in [0.3, 0.4) is 0 Å². The van der Waals surface area contributed by atoms with E-state index < -0.39 is 10.8 Å². The first kappa shape index (κ1) is 21.4. The monoisotopic (exact) mass is 449 g/mol. The first-order chi connectivity index (χ1) is 13.2. The Morgan fingerprint density at radius 2 is 2.11 bits per heavy atom. The summed E-state index contributed by atoms with van der Waals surface area (Å²) in [6, 6.07) is 7.34. The highest BCUT2D eigenvalue weighted by molar-refractivity contribution is 9.10. The van der Waals surface area contributed by atoms with Gasteiger partial charge in [-0.3, -0.25) is 14.9 Å². The molecule has 0 unspecified atom stereocenters. The zero-order valence-corrected chi connectivity index (χ0v) is 17.2. The van der Waals surface area contributed by atoms with Crippen molar-refractivity contribution in [1.29, 1.82) is 0 Å². The van der Waals surface area contributed by atoms with Gasteiger partial charge in [0.2, 0.25) is 0 Å². The average molecular weight is 450 g/mol. The van der Waals surface area contributed by atoms with Gasteiger partial charge in [0.1, 0.15) is 11.5 Å². The number of rotatable bonds is 7. The van der Waals surface area contributed by atoms with Crippen LogP contribution in [0.25, 0.3) is 0 Å². The molecule has 0 radical (unpaired) electrons. The summed E-state index contributed by atoms with van der Waals surface area (Å²) in [4.78, 5) is 22.2. The summed E-state index contributed by atoms with van der Waals surface area (Å²) in [5.74, 6) is 0.138. The number of aryl methyl sites for hydroxylation is 1. The Morgan fingerprint density at radius 3 is 2.75 bits per heavy atom. The molecule has 0 aliphatic heterocycles. The van der Waals surface area contributed by atoms with Crippen LogP contribution < -0.4 is 10.2 Å². The molecule has 0 saturated heterocycles. The number of nitro benzene ring substituents is 1. The number of nitrogens with zero attached hydrogens (tertiary/aromatic N) is 2. The Labute approximate surface area is 170 Å². The fourth-order valence-electron chi connectivity index (χ4n) is 2.35. The lowest BCUT2D eigenvalue weighted by Gasteiger charge is -2.15. The molecule has 148 valence electrons. The number of nitrogens with one attached hydrogen (secondary N) is 1. The van der Waals surface area contributed by atoms with E-state index in [0.29, 0.717) is 5.75 Å². The van der Waals surface area contributed by atoms with E-state index in [2.05, 4.69) is 26.5 Å². The molecule has 28 heavy (non-hydrogen) atoms. The van der Waals surface area contributed by atoms with E-state index in [1.807, 2.05) is 32.9 Å². The molecule has 8 nitrogen and oxygen atoms in total. The van der Waals surface area contributed by atoms with Gasteiger partial charge in [0.25, 0.3) is 11.6 Å². The van der Waals surface area contributed by atoms with Crippen LogP contribution in [0.1, 0.15) is 36.5 Å². The van der Waals surface area contributed by atoms with Crippen molar-refractivity contribution < 1.29 is 19.6 Å². The average Bonchev–Trinajstić information content (AvgIpc) is 2.63. The van der Waals surface area contributed by atoms with Gasteiger partial charge in [-0.25, -0.2) is 5.43 Å². The van der Waals surface area contributed by atoms with Crippen molar-refractivity contribution in [2.75, 3.05) is 6.61 Å². The van der Waals surface area contributed by atoms with Gasteiger partial charge in [-0.15, -0.1) is 0 Å². The topological polar surface area (TPSA) is 114 Å². The van der Waals surface area contributed by atoms with Crippen LogP contribution >= 0.6 is 15.9 Å². The van der Waals surface area contributed by atoms with Crippen molar-refractivity contribution in [2.45, 2.75) is 26.7 Å². The highest BCUT2D eigenvalue weighted by Gasteiger charge is 2.13. The minimum absolute atomic E-state index is 0.112. The second kappa shape index (κ2) is 9.32. The second-order valence-electron chi connectivity index (χ2n) is 6.38. The quantitative estimate of drug-likeness (QED) is 0.376. The summed E-state index contributed by atoms with van der Waals surface area (Å²) < 4.78 is 6.59. The normalized spacial score (nSPS) is 11.0. The number of amides is 1. The number of non-ortho nitro benzene ring substituents is 1. The molecule has 0 fully saturated rings. The molecule has 0 spiro atoms. The van der Waals surface area contributed by atoms with Crippen LogP contribution in [-0.2, 0) is 4.79 Å². The zero-order chi connectivity index (χ0) is 20.8. The Kier molecular flexibility index (Phi) is 7.11. The van der Waals surface area contributed by atoms with Gasteiger partial charge in [-0.05, 0) is 42.2 Å². The maximum atomic E-state index is 12.0. The van der Waals surface area contributed by atoms with Crippen molar-refractivity contribution in [1.82, 2.24) is 5.43 Å². The molecule has 2 N–H and O–H groups in total. The van der Waals surface area contributed by atoms with E-state index in [9.17, 15) is 20.0 Å². The first-order valence-corrected chi connectivity index (χ1v) is 9.20. The Bertz CT molecular complexity index is 928. The molecule has 1 amide bonds. The standard InChI is InChI=1S/C19H20BrN3O5/c1-11(2)15-8-16(20)12(3)6-18(15)28-10-19(25)22-21-9-13-7-14(23(26)27)4-5-17(13)24/h4-9,11,24H,10H2,1-3H3,(H,22,25)/b21-9+. The van der Waals surface area contributed by atoms with Gasteiger partial charge in [-0.2, -0.15) is 5.10 Å². The van der Waals surface area contributed by atoms with Crippen molar-refractivity contribution >= 4 is 33.7 Å². The van der Waals surface area contributed by atoms with E-state index >= 15 is 0 Å². The number of benzene rings is 2. The minimum Gasteiger partial charge on any atom is -0.507 e. The number of nitro groups is 1. The van der Waals surface area contributed by atoms with Crippen molar-refractivity contribution in [3.63, 3.8) is 0 Å². The van der Waals surface area contributed by atoms with E-state index in [0.717, 1.165) is 27.9 Å². The number of aromatic hydroxyl groups is 1. The maximum Gasteiger partial charge on any atom is 0.277 e. The van der Waals surface area contributed by atoms with Gasteiger partial charge in [0.05, 0.1) is 11.1 Å². The molecule has 0 aromatic heterocycles. The zero-order valence-electron chi connectivity index (χ0n) is 15.6. The number of phenolic OH excluding ortho intramolecular Hbond substituents is 1. The first-order valence-electron chi connectivity index (χ1n) is 8.41. The predicted octanol–water partition coefficient (Wildman–Crippen LogP) is 4.02. The summed E-state index contributed by atoms with van der Waals surface area (Å²) >= 11 is 3.49. The Morgan fingerprint density at radius 1 is 1.39 bits per heavy atom. The molecule has 9 heteroatoms. The highest BCUT2D eigenvalue weighted by Crippen LogP contribution is 2.32. The van der Waals surface area contributed by atoms with E-state index in [1.165, 1.54) is 12.1 Å². The second-order valence-corrected chi connectivity index (χ2v) is 7.23. The number of ether oxygens (including phenoxy) is 1.